The van der Waals surface area contributed by atoms with Gasteiger partial charge in [-0.05, 0) is 18.2 Å². The minimum Gasteiger partial charge on any atom is -0.456 e. The number of nitrogens with one attached hydrogen (secondary N) is 1. The third-order valence-electron chi connectivity index (χ3n) is 3.59. The van der Waals surface area contributed by atoms with Crippen LogP contribution in [-0.4, -0.2) is 17.9 Å². The molecule has 112 valence electrons. The Hall–Kier alpha value is -2.14. The fourth-order valence-corrected chi connectivity index (χ4v) is 3.00. The number of halogens is 1. The molecule has 0 bridgehead atoms. The van der Waals surface area contributed by atoms with Gasteiger partial charge in [0, 0.05) is 22.0 Å². The van der Waals surface area contributed by atoms with Crippen LogP contribution in [0.2, 0.25) is 0 Å². The molecule has 0 unspecified atom stereocenters. The summed E-state index contributed by atoms with van der Waals surface area (Å²) in [5, 5.41) is 2.74. The summed E-state index contributed by atoms with van der Waals surface area (Å²) >= 11 is 3.46. The molecule has 5 heteroatoms. The van der Waals surface area contributed by atoms with Crippen LogP contribution in [0.5, 0.6) is 0 Å². The smallest absolute Gasteiger partial charge is 0.329 e. The van der Waals surface area contributed by atoms with Gasteiger partial charge in [-0.3, -0.25) is 4.79 Å². The highest BCUT2D eigenvalue weighted by Crippen LogP contribution is 2.34. The molecule has 0 radical (unpaired) electrons. The number of benzene rings is 2. The predicted molar refractivity (Wildman–Crippen MR) is 85.3 cm³/mol. The van der Waals surface area contributed by atoms with Crippen LogP contribution in [0.25, 0.3) is 0 Å². The summed E-state index contributed by atoms with van der Waals surface area (Å²) in [4.78, 5) is 24.1. The Balaban J connectivity index is 1.71. The van der Waals surface area contributed by atoms with E-state index in [0.29, 0.717) is 12.0 Å². The number of rotatable bonds is 3. The van der Waals surface area contributed by atoms with Gasteiger partial charge in [-0.2, -0.15) is 0 Å². The topological polar surface area (TPSA) is 55.4 Å². The van der Waals surface area contributed by atoms with Crippen molar-refractivity contribution in [1.82, 2.24) is 5.32 Å². The molecular weight excluding hydrogens is 346 g/mol. The average Bonchev–Trinajstić information content (AvgIpc) is 2.89. The standard InChI is InChI=1S/C17H14BrNO3/c18-13-9-5-4-8-12(13)15-10-14(17(21)22-15)19-16(20)11-6-2-1-3-7-11/h1-9,14-15H,10H2,(H,19,20)/t14-,15-/m1/s1. The summed E-state index contributed by atoms with van der Waals surface area (Å²) in [6.45, 7) is 0. The SMILES string of the molecule is O=C(N[C@@H]1C[C@H](c2ccccc2Br)OC1=O)c1ccccc1. The minimum atomic E-state index is -0.621. The van der Waals surface area contributed by atoms with E-state index in [1.807, 2.05) is 30.3 Å². The van der Waals surface area contributed by atoms with E-state index in [9.17, 15) is 9.59 Å². The first kappa shape index (κ1) is 14.8. The second kappa shape index (κ2) is 6.32. The van der Waals surface area contributed by atoms with E-state index in [2.05, 4.69) is 21.2 Å². The quantitative estimate of drug-likeness (QED) is 0.855. The van der Waals surface area contributed by atoms with Gasteiger partial charge in [-0.25, -0.2) is 4.79 Å². The number of cyclic esters (lactones) is 1. The lowest BCUT2D eigenvalue weighted by atomic mass is 10.0. The third kappa shape index (κ3) is 3.04. The largest absolute Gasteiger partial charge is 0.456 e. The monoisotopic (exact) mass is 359 g/mol. The molecule has 1 saturated heterocycles. The fraction of sp³-hybridized carbons (Fsp3) is 0.176. The predicted octanol–water partition coefficient (Wildman–Crippen LogP) is 3.24. The zero-order chi connectivity index (χ0) is 15.5. The molecule has 1 aliphatic rings. The third-order valence-corrected chi connectivity index (χ3v) is 4.31. The lowest BCUT2D eigenvalue weighted by Gasteiger charge is -2.11. The molecule has 0 aliphatic carbocycles. The molecule has 1 amide bonds. The van der Waals surface area contributed by atoms with E-state index in [-0.39, 0.29) is 12.0 Å². The van der Waals surface area contributed by atoms with Crippen LogP contribution in [0.15, 0.2) is 59.1 Å². The normalized spacial score (nSPS) is 20.5. The minimum absolute atomic E-state index is 0.268. The van der Waals surface area contributed by atoms with E-state index in [4.69, 9.17) is 4.74 Å². The first-order valence-electron chi connectivity index (χ1n) is 6.96. The zero-order valence-electron chi connectivity index (χ0n) is 11.7. The van der Waals surface area contributed by atoms with E-state index in [1.165, 1.54) is 0 Å². The Morgan fingerprint density at radius 3 is 2.50 bits per heavy atom. The summed E-state index contributed by atoms with van der Waals surface area (Å²) in [6, 6.07) is 15.8. The molecule has 1 aliphatic heterocycles. The maximum absolute atomic E-state index is 12.1. The fourth-order valence-electron chi connectivity index (χ4n) is 2.46. The summed E-state index contributed by atoms with van der Waals surface area (Å²) < 4.78 is 6.29. The van der Waals surface area contributed by atoms with Gasteiger partial charge in [-0.15, -0.1) is 0 Å². The summed E-state index contributed by atoms with van der Waals surface area (Å²) in [7, 11) is 0. The molecule has 0 saturated carbocycles. The lowest BCUT2D eigenvalue weighted by Crippen LogP contribution is -2.37. The first-order valence-corrected chi connectivity index (χ1v) is 7.75. The van der Waals surface area contributed by atoms with Gasteiger partial charge < -0.3 is 10.1 Å². The van der Waals surface area contributed by atoms with Gasteiger partial charge in [-0.1, -0.05) is 52.3 Å². The number of hydrogen-bond acceptors (Lipinski definition) is 3. The Labute approximate surface area is 136 Å². The molecule has 0 spiro atoms. The second-order valence-electron chi connectivity index (χ2n) is 5.07. The first-order chi connectivity index (χ1) is 10.6. The molecule has 0 aromatic heterocycles. The molecule has 2 aromatic rings. The number of carbonyl (C=O) groups excluding carboxylic acids is 2. The van der Waals surface area contributed by atoms with Gasteiger partial charge in [0.1, 0.15) is 12.1 Å². The second-order valence-corrected chi connectivity index (χ2v) is 5.93. The van der Waals surface area contributed by atoms with E-state index >= 15 is 0 Å². The van der Waals surface area contributed by atoms with E-state index in [1.54, 1.807) is 24.3 Å². The molecule has 2 aromatic carbocycles. The van der Waals surface area contributed by atoms with Gasteiger partial charge in [0.05, 0.1) is 0 Å². The Morgan fingerprint density at radius 2 is 1.77 bits per heavy atom. The highest BCUT2D eigenvalue weighted by atomic mass is 79.9. The van der Waals surface area contributed by atoms with Crippen molar-refractivity contribution in [3.05, 3.63) is 70.2 Å². The number of carbonyl (C=O) groups is 2. The lowest BCUT2D eigenvalue weighted by molar-refractivity contribution is -0.143. The molecule has 4 nitrogen and oxygen atoms in total. The molecule has 1 fully saturated rings. The van der Waals surface area contributed by atoms with Crippen molar-refractivity contribution in [1.29, 1.82) is 0 Å². The van der Waals surface area contributed by atoms with Crippen molar-refractivity contribution in [2.45, 2.75) is 18.6 Å². The number of ether oxygens (including phenoxy) is 1. The molecule has 1 N–H and O–H groups in total. The van der Waals surface area contributed by atoms with Crippen molar-refractivity contribution in [2.75, 3.05) is 0 Å². The Bertz CT molecular complexity index is 702. The van der Waals surface area contributed by atoms with Crippen LogP contribution in [0.4, 0.5) is 0 Å². The van der Waals surface area contributed by atoms with Crippen molar-refractivity contribution in [3.8, 4) is 0 Å². The highest BCUT2D eigenvalue weighted by Gasteiger charge is 2.37. The molecule has 1 heterocycles. The molecular formula is C17H14BrNO3. The van der Waals surface area contributed by atoms with E-state index in [0.717, 1.165) is 10.0 Å². The van der Waals surface area contributed by atoms with Crippen LogP contribution in [0, 0.1) is 0 Å². The maximum atomic E-state index is 12.1. The number of esters is 1. The van der Waals surface area contributed by atoms with Crippen LogP contribution in [0.1, 0.15) is 28.4 Å². The van der Waals surface area contributed by atoms with Crippen LogP contribution in [0.3, 0.4) is 0 Å². The van der Waals surface area contributed by atoms with Crippen molar-refractivity contribution in [2.24, 2.45) is 0 Å². The van der Waals surface area contributed by atoms with Crippen LogP contribution >= 0.6 is 15.9 Å². The maximum Gasteiger partial charge on any atom is 0.329 e. The summed E-state index contributed by atoms with van der Waals surface area (Å²) in [6.07, 6.45) is 0.0872. The van der Waals surface area contributed by atoms with Crippen molar-refractivity contribution >= 4 is 27.8 Å². The Kier molecular flexibility index (Phi) is 4.24. The average molecular weight is 360 g/mol. The highest BCUT2D eigenvalue weighted by molar-refractivity contribution is 9.10. The molecule has 22 heavy (non-hydrogen) atoms. The summed E-state index contributed by atoms with van der Waals surface area (Å²) in [5.41, 5.74) is 1.44. The molecule has 3 rings (SSSR count). The summed E-state index contributed by atoms with van der Waals surface area (Å²) in [5.74, 6) is -0.666. The van der Waals surface area contributed by atoms with E-state index < -0.39 is 12.0 Å². The van der Waals surface area contributed by atoms with Gasteiger partial charge in [0.25, 0.3) is 5.91 Å². The number of amides is 1. The van der Waals surface area contributed by atoms with Crippen molar-refractivity contribution < 1.29 is 14.3 Å². The Morgan fingerprint density at radius 1 is 1.09 bits per heavy atom. The van der Waals surface area contributed by atoms with Gasteiger partial charge >= 0.3 is 5.97 Å². The van der Waals surface area contributed by atoms with Gasteiger partial charge in [0.15, 0.2) is 0 Å². The zero-order valence-corrected chi connectivity index (χ0v) is 13.2. The van der Waals surface area contributed by atoms with Crippen LogP contribution < -0.4 is 5.32 Å². The number of hydrogen-bond donors (Lipinski definition) is 1. The van der Waals surface area contributed by atoms with Crippen molar-refractivity contribution in [3.63, 3.8) is 0 Å². The molecule has 2 atom stereocenters. The van der Waals surface area contributed by atoms with Crippen LogP contribution in [-0.2, 0) is 9.53 Å². The van der Waals surface area contributed by atoms with Gasteiger partial charge in [0.2, 0.25) is 0 Å².